The molecule has 8 heteroatoms. The van der Waals surface area contributed by atoms with Gasteiger partial charge in [0.15, 0.2) is 11.5 Å². The highest BCUT2D eigenvalue weighted by atomic mass is 35.5. The van der Waals surface area contributed by atoms with Gasteiger partial charge in [-0.15, -0.1) is 0 Å². The minimum Gasteiger partial charge on any atom is -0.440 e. The first-order valence-corrected chi connectivity index (χ1v) is 11.5. The third kappa shape index (κ3) is 5.52. The number of amides is 2. The van der Waals surface area contributed by atoms with Crippen molar-refractivity contribution in [2.24, 2.45) is 0 Å². The highest BCUT2D eigenvalue weighted by Gasteiger charge is 2.27. The second-order valence-corrected chi connectivity index (χ2v) is 8.54. The molecule has 4 rings (SSSR count). The average Bonchev–Trinajstić information content (AvgIpc) is 3.27. The lowest BCUT2D eigenvalue weighted by atomic mass is 9.96. The van der Waals surface area contributed by atoms with Gasteiger partial charge in [-0.3, -0.25) is 9.59 Å². The first-order chi connectivity index (χ1) is 16.0. The van der Waals surface area contributed by atoms with E-state index < -0.39 is 0 Å². The second kappa shape index (κ2) is 10.5. The number of rotatable bonds is 7. The molecule has 0 aliphatic carbocycles. The number of oxazole rings is 1. The monoisotopic (exact) mass is 464 g/mol. The van der Waals surface area contributed by atoms with Gasteiger partial charge in [-0.2, -0.15) is 5.26 Å². The average molecular weight is 465 g/mol. The number of para-hydroxylation sites is 1. The molecule has 0 radical (unpaired) electrons. The predicted molar refractivity (Wildman–Crippen MR) is 126 cm³/mol. The van der Waals surface area contributed by atoms with Gasteiger partial charge in [0, 0.05) is 49.1 Å². The number of hydrogen-bond acceptors (Lipinski definition) is 5. The second-order valence-electron chi connectivity index (χ2n) is 8.11. The summed E-state index contributed by atoms with van der Waals surface area (Å²) in [5.74, 6) is 0.663. The van der Waals surface area contributed by atoms with E-state index in [9.17, 15) is 9.59 Å². The highest BCUT2D eigenvalue weighted by molar-refractivity contribution is 6.31. The highest BCUT2D eigenvalue weighted by Crippen LogP contribution is 2.31. The molecule has 0 saturated carbocycles. The van der Waals surface area contributed by atoms with Crippen molar-refractivity contribution in [1.29, 1.82) is 5.26 Å². The smallest absolute Gasteiger partial charge is 0.227 e. The molecule has 0 bridgehead atoms. The lowest BCUT2D eigenvalue weighted by Gasteiger charge is -2.31. The zero-order valence-electron chi connectivity index (χ0n) is 18.2. The number of halogens is 1. The number of fused-ring (bicyclic) bond motifs is 1. The van der Waals surface area contributed by atoms with Gasteiger partial charge in [-0.05, 0) is 43.2 Å². The molecule has 0 N–H and O–H groups in total. The number of nitrogens with zero attached hydrogens (tertiary/aromatic N) is 4. The van der Waals surface area contributed by atoms with Crippen LogP contribution in [-0.4, -0.2) is 41.3 Å². The van der Waals surface area contributed by atoms with Crippen molar-refractivity contribution in [3.63, 3.8) is 0 Å². The van der Waals surface area contributed by atoms with Crippen LogP contribution in [0.25, 0.3) is 11.1 Å². The number of hydrogen-bond donors (Lipinski definition) is 0. The number of nitriles is 1. The zero-order chi connectivity index (χ0) is 23.2. The molecule has 33 heavy (non-hydrogen) atoms. The summed E-state index contributed by atoms with van der Waals surface area (Å²) in [6.45, 7) is 1.52. The van der Waals surface area contributed by atoms with E-state index in [1.54, 1.807) is 17.0 Å². The first kappa shape index (κ1) is 22.8. The number of anilines is 1. The Morgan fingerprint density at radius 3 is 2.64 bits per heavy atom. The zero-order valence-corrected chi connectivity index (χ0v) is 19.0. The predicted octanol–water partition coefficient (Wildman–Crippen LogP) is 4.91. The van der Waals surface area contributed by atoms with Crippen LogP contribution in [0.3, 0.4) is 0 Å². The van der Waals surface area contributed by atoms with Crippen LogP contribution >= 0.6 is 11.6 Å². The molecule has 7 nitrogen and oxygen atoms in total. The summed E-state index contributed by atoms with van der Waals surface area (Å²) in [5, 5.41) is 9.54. The maximum atomic E-state index is 12.8. The molecule has 2 aromatic carbocycles. The maximum Gasteiger partial charge on any atom is 0.227 e. The van der Waals surface area contributed by atoms with E-state index in [1.165, 1.54) is 0 Å². The number of piperidine rings is 1. The van der Waals surface area contributed by atoms with Crippen LogP contribution in [0.1, 0.15) is 43.9 Å². The molecule has 3 aromatic rings. The number of aromatic nitrogens is 1. The Bertz CT molecular complexity index is 1160. The Hall–Kier alpha value is -3.37. The van der Waals surface area contributed by atoms with Crippen molar-refractivity contribution in [2.75, 3.05) is 24.5 Å². The third-order valence-corrected chi connectivity index (χ3v) is 6.17. The van der Waals surface area contributed by atoms with Gasteiger partial charge in [-0.1, -0.05) is 29.8 Å². The van der Waals surface area contributed by atoms with Crippen LogP contribution in [0.15, 0.2) is 52.9 Å². The fourth-order valence-electron chi connectivity index (χ4n) is 4.14. The summed E-state index contributed by atoms with van der Waals surface area (Å²) < 4.78 is 5.89. The third-order valence-electron chi connectivity index (χ3n) is 5.93. The van der Waals surface area contributed by atoms with Gasteiger partial charge in [0.05, 0.1) is 12.5 Å². The van der Waals surface area contributed by atoms with Crippen molar-refractivity contribution in [2.45, 2.75) is 38.0 Å². The van der Waals surface area contributed by atoms with Crippen molar-refractivity contribution >= 4 is 40.2 Å². The van der Waals surface area contributed by atoms with Gasteiger partial charge in [0.2, 0.25) is 11.8 Å². The lowest BCUT2D eigenvalue weighted by Crippen LogP contribution is -2.39. The molecular formula is C25H25ClN4O3. The molecule has 1 fully saturated rings. The maximum absolute atomic E-state index is 12.8. The molecule has 1 saturated heterocycles. The molecule has 2 amide bonds. The Morgan fingerprint density at radius 1 is 1.15 bits per heavy atom. The summed E-state index contributed by atoms with van der Waals surface area (Å²) in [6.07, 6.45) is 2.03. The van der Waals surface area contributed by atoms with Crippen LogP contribution in [-0.2, 0) is 9.59 Å². The summed E-state index contributed by atoms with van der Waals surface area (Å²) in [6, 6.07) is 16.7. The Kier molecular flexibility index (Phi) is 7.26. The van der Waals surface area contributed by atoms with E-state index in [4.69, 9.17) is 21.3 Å². The molecule has 0 unspecified atom stereocenters. The van der Waals surface area contributed by atoms with Crippen LogP contribution < -0.4 is 4.90 Å². The summed E-state index contributed by atoms with van der Waals surface area (Å²) in [4.78, 5) is 33.5. The number of likely N-dealkylation sites (tertiary alicyclic amines) is 1. The Morgan fingerprint density at radius 2 is 1.91 bits per heavy atom. The molecule has 1 aromatic heterocycles. The van der Waals surface area contributed by atoms with Crippen LogP contribution in [0.5, 0.6) is 0 Å². The fourth-order valence-corrected chi connectivity index (χ4v) is 4.31. The Balaban J connectivity index is 1.30. The lowest BCUT2D eigenvalue weighted by molar-refractivity contribution is -0.134. The van der Waals surface area contributed by atoms with E-state index in [-0.39, 0.29) is 37.0 Å². The molecule has 1 aliphatic rings. The quantitative estimate of drug-likeness (QED) is 0.495. The van der Waals surface area contributed by atoms with Gasteiger partial charge >= 0.3 is 0 Å². The normalized spacial score (nSPS) is 14.2. The largest absolute Gasteiger partial charge is 0.440 e. The van der Waals surface area contributed by atoms with E-state index in [0.29, 0.717) is 36.1 Å². The van der Waals surface area contributed by atoms with E-state index in [1.807, 2.05) is 41.3 Å². The van der Waals surface area contributed by atoms with Gasteiger partial charge < -0.3 is 14.2 Å². The molecule has 0 spiro atoms. The standard InChI is InChI=1S/C25H25ClN4O3/c26-19-7-8-22-21(17-19)28-25(33-22)18-11-15-29(16-12-18)23(31)9-10-24(32)30(14-4-13-27)20-5-2-1-3-6-20/h1-3,5-8,17-18H,4,9-12,14-16H2. The van der Waals surface area contributed by atoms with Crippen LogP contribution in [0, 0.1) is 11.3 Å². The summed E-state index contributed by atoms with van der Waals surface area (Å²) in [5.41, 5.74) is 2.20. The SMILES string of the molecule is N#CCCN(C(=O)CCC(=O)N1CCC(c2nc3cc(Cl)ccc3o2)CC1)c1ccccc1. The molecular weight excluding hydrogens is 440 g/mol. The Labute approximate surface area is 197 Å². The number of carbonyl (C=O) groups is 2. The molecule has 2 heterocycles. The van der Waals surface area contributed by atoms with Crippen molar-refractivity contribution in [3.8, 4) is 6.07 Å². The van der Waals surface area contributed by atoms with Crippen LogP contribution in [0.4, 0.5) is 5.69 Å². The topological polar surface area (TPSA) is 90.4 Å². The van der Waals surface area contributed by atoms with E-state index in [0.717, 1.165) is 24.0 Å². The molecule has 1 aliphatic heterocycles. The van der Waals surface area contributed by atoms with E-state index >= 15 is 0 Å². The summed E-state index contributed by atoms with van der Waals surface area (Å²) >= 11 is 6.03. The minimum absolute atomic E-state index is 0.0283. The van der Waals surface area contributed by atoms with Crippen molar-refractivity contribution in [1.82, 2.24) is 9.88 Å². The molecule has 170 valence electrons. The van der Waals surface area contributed by atoms with Gasteiger partial charge in [-0.25, -0.2) is 4.98 Å². The number of benzene rings is 2. The molecule has 0 atom stereocenters. The van der Waals surface area contributed by atoms with Crippen molar-refractivity contribution in [3.05, 3.63) is 59.4 Å². The van der Waals surface area contributed by atoms with E-state index in [2.05, 4.69) is 11.1 Å². The van der Waals surface area contributed by atoms with Crippen LogP contribution in [0.2, 0.25) is 5.02 Å². The summed E-state index contributed by atoms with van der Waals surface area (Å²) in [7, 11) is 0. The van der Waals surface area contributed by atoms with Gasteiger partial charge in [0.1, 0.15) is 5.52 Å². The fraction of sp³-hybridized carbons (Fsp3) is 0.360. The van der Waals surface area contributed by atoms with Gasteiger partial charge in [0.25, 0.3) is 0 Å². The minimum atomic E-state index is -0.148. The number of carbonyl (C=O) groups excluding carboxylic acids is 2. The van der Waals surface area contributed by atoms with Crippen molar-refractivity contribution < 1.29 is 14.0 Å². The first-order valence-electron chi connectivity index (χ1n) is 11.1.